The third kappa shape index (κ3) is 2.78. The van der Waals surface area contributed by atoms with Crippen molar-refractivity contribution in [3.05, 3.63) is 0 Å². The van der Waals surface area contributed by atoms with Gasteiger partial charge in [-0.25, -0.2) is 0 Å². The number of hydrogen-bond donors (Lipinski definition) is 2. The van der Waals surface area contributed by atoms with E-state index in [-0.39, 0.29) is 12.5 Å². The molecule has 6 heteroatoms. The van der Waals surface area contributed by atoms with Crippen LogP contribution in [0.3, 0.4) is 0 Å². The Morgan fingerprint density at radius 2 is 1.89 bits per heavy atom. The Morgan fingerprint density at radius 3 is 2.32 bits per heavy atom. The second kappa shape index (κ2) is 4.92. The van der Waals surface area contributed by atoms with E-state index < -0.39 is 28.8 Å². The quantitative estimate of drug-likeness (QED) is 0.706. The van der Waals surface area contributed by atoms with E-state index in [0.717, 1.165) is 0 Å². The molecule has 0 aliphatic carbocycles. The Bertz CT molecular complexity index is 410. The van der Waals surface area contributed by atoms with Gasteiger partial charge in [0.15, 0.2) is 0 Å². The molecule has 1 saturated heterocycles. The van der Waals surface area contributed by atoms with Crippen molar-refractivity contribution in [3.63, 3.8) is 0 Å². The average Bonchev–Trinajstić information content (AvgIpc) is 2.25. The van der Waals surface area contributed by atoms with E-state index in [1.165, 1.54) is 4.90 Å². The summed E-state index contributed by atoms with van der Waals surface area (Å²) in [6.07, 6.45) is 0.464. The Labute approximate surface area is 113 Å². The van der Waals surface area contributed by atoms with E-state index in [0.29, 0.717) is 6.42 Å². The molecule has 1 rings (SSSR count). The van der Waals surface area contributed by atoms with E-state index in [1.54, 1.807) is 34.6 Å². The minimum Gasteiger partial charge on any atom is -0.325 e. The summed E-state index contributed by atoms with van der Waals surface area (Å²) >= 11 is 0. The van der Waals surface area contributed by atoms with Crippen LogP contribution in [0.2, 0.25) is 0 Å². The molecule has 3 amide bonds. The first kappa shape index (κ1) is 15.6. The maximum Gasteiger partial charge on any atom is 0.249 e. The Kier molecular flexibility index (Phi) is 4.05. The number of carbonyl (C=O) groups excluding carboxylic acids is 3. The molecule has 1 aliphatic rings. The van der Waals surface area contributed by atoms with Crippen LogP contribution in [-0.2, 0) is 14.4 Å². The first-order valence-corrected chi connectivity index (χ1v) is 6.46. The summed E-state index contributed by atoms with van der Waals surface area (Å²) in [6, 6.07) is -0.605. The zero-order valence-electron chi connectivity index (χ0n) is 12.2. The summed E-state index contributed by atoms with van der Waals surface area (Å²) in [5, 5.41) is 2.25. The number of hydrogen-bond acceptors (Lipinski definition) is 4. The molecule has 0 radical (unpaired) electrons. The predicted octanol–water partition coefficient (Wildman–Crippen LogP) is 0.0135. The molecule has 0 aromatic carbocycles. The zero-order chi connectivity index (χ0) is 15.0. The van der Waals surface area contributed by atoms with E-state index in [9.17, 15) is 14.4 Å². The summed E-state index contributed by atoms with van der Waals surface area (Å²) in [4.78, 5) is 37.2. The highest BCUT2D eigenvalue weighted by atomic mass is 16.2. The molecule has 19 heavy (non-hydrogen) atoms. The van der Waals surface area contributed by atoms with Crippen molar-refractivity contribution in [3.8, 4) is 0 Å². The van der Waals surface area contributed by atoms with Gasteiger partial charge >= 0.3 is 0 Å². The highest BCUT2D eigenvalue weighted by molar-refractivity contribution is 6.05. The molecular formula is C13H23N3O3. The smallest absolute Gasteiger partial charge is 0.249 e. The van der Waals surface area contributed by atoms with E-state index in [1.807, 2.05) is 0 Å². The van der Waals surface area contributed by atoms with Crippen LogP contribution in [0.15, 0.2) is 0 Å². The summed E-state index contributed by atoms with van der Waals surface area (Å²) in [5.74, 6) is -1.14. The van der Waals surface area contributed by atoms with Gasteiger partial charge < -0.3 is 10.6 Å². The van der Waals surface area contributed by atoms with Crippen LogP contribution in [0.5, 0.6) is 0 Å². The molecule has 0 aromatic rings. The fourth-order valence-electron chi connectivity index (χ4n) is 1.92. The molecule has 3 N–H and O–H groups in total. The van der Waals surface area contributed by atoms with Crippen LogP contribution < -0.4 is 11.1 Å². The van der Waals surface area contributed by atoms with E-state index in [2.05, 4.69) is 5.32 Å². The van der Waals surface area contributed by atoms with Gasteiger partial charge in [0.25, 0.3) is 0 Å². The highest BCUT2D eigenvalue weighted by Crippen LogP contribution is 2.32. The normalized spacial score (nSPS) is 21.4. The average molecular weight is 269 g/mol. The molecule has 1 atom stereocenters. The highest BCUT2D eigenvalue weighted by Gasteiger charge is 2.47. The minimum absolute atomic E-state index is 0.0947. The number of rotatable bonds is 3. The molecule has 0 saturated carbocycles. The van der Waals surface area contributed by atoms with Crippen molar-refractivity contribution in [2.24, 2.45) is 11.1 Å². The maximum atomic E-state index is 12.6. The molecule has 1 unspecified atom stereocenters. The molecule has 108 valence electrons. The summed E-state index contributed by atoms with van der Waals surface area (Å²) in [6.45, 7) is 8.71. The first-order valence-electron chi connectivity index (χ1n) is 6.46. The SMILES string of the molecule is CCC1C(=O)NC(=O)CN1C(=O)C(C)(C)C(C)(C)N. The largest absolute Gasteiger partial charge is 0.325 e. The lowest BCUT2D eigenvalue weighted by Gasteiger charge is -2.43. The monoisotopic (exact) mass is 269 g/mol. The van der Waals surface area contributed by atoms with Gasteiger partial charge in [-0.3, -0.25) is 19.7 Å². The number of nitrogens with two attached hydrogens (primary N) is 1. The Morgan fingerprint density at radius 1 is 1.37 bits per heavy atom. The zero-order valence-corrected chi connectivity index (χ0v) is 12.2. The molecular weight excluding hydrogens is 246 g/mol. The number of amides is 3. The number of nitrogens with zero attached hydrogens (tertiary/aromatic N) is 1. The maximum absolute atomic E-state index is 12.6. The third-order valence-corrected chi connectivity index (χ3v) is 4.05. The van der Waals surface area contributed by atoms with Crippen LogP contribution in [-0.4, -0.2) is 40.7 Å². The Balaban J connectivity index is 3.09. The lowest BCUT2D eigenvalue weighted by atomic mass is 9.73. The summed E-state index contributed by atoms with van der Waals surface area (Å²) in [7, 11) is 0. The van der Waals surface area contributed by atoms with Crippen LogP contribution in [0, 0.1) is 5.41 Å². The number of imide groups is 1. The lowest BCUT2D eigenvalue weighted by Crippen LogP contribution is -2.65. The molecule has 1 aliphatic heterocycles. The van der Waals surface area contributed by atoms with Gasteiger partial charge in [-0.05, 0) is 34.1 Å². The van der Waals surface area contributed by atoms with Gasteiger partial charge in [-0.15, -0.1) is 0 Å². The molecule has 6 nitrogen and oxygen atoms in total. The van der Waals surface area contributed by atoms with Crippen molar-refractivity contribution >= 4 is 17.7 Å². The lowest BCUT2D eigenvalue weighted by molar-refractivity contribution is -0.157. The second-order valence-corrected chi connectivity index (χ2v) is 6.12. The van der Waals surface area contributed by atoms with E-state index >= 15 is 0 Å². The number of nitrogens with one attached hydrogen (secondary N) is 1. The van der Waals surface area contributed by atoms with Crippen molar-refractivity contribution in [1.82, 2.24) is 10.2 Å². The second-order valence-electron chi connectivity index (χ2n) is 6.12. The van der Waals surface area contributed by atoms with Crippen LogP contribution in [0.25, 0.3) is 0 Å². The Hall–Kier alpha value is -1.43. The topological polar surface area (TPSA) is 92.5 Å². The minimum atomic E-state index is -0.863. The van der Waals surface area contributed by atoms with Gasteiger partial charge in [-0.2, -0.15) is 0 Å². The van der Waals surface area contributed by atoms with Crippen molar-refractivity contribution < 1.29 is 14.4 Å². The number of carbonyl (C=O) groups is 3. The van der Waals surface area contributed by atoms with Crippen LogP contribution in [0.4, 0.5) is 0 Å². The predicted molar refractivity (Wildman–Crippen MR) is 71.0 cm³/mol. The standard InChI is InChI=1S/C13H23N3O3/c1-6-8-10(18)15-9(17)7-16(8)11(19)12(2,3)13(4,5)14/h8H,6-7,14H2,1-5H3,(H,15,17,18). The molecule has 1 fully saturated rings. The van der Waals surface area contributed by atoms with Crippen LogP contribution >= 0.6 is 0 Å². The molecule has 0 spiro atoms. The van der Waals surface area contributed by atoms with Crippen molar-refractivity contribution in [2.75, 3.05) is 6.54 Å². The van der Waals surface area contributed by atoms with Gasteiger partial charge in [0.2, 0.25) is 17.7 Å². The number of piperazine rings is 1. The first-order chi connectivity index (χ1) is 8.52. The van der Waals surface area contributed by atoms with Gasteiger partial charge in [0.1, 0.15) is 12.6 Å². The van der Waals surface area contributed by atoms with Gasteiger partial charge in [0.05, 0.1) is 5.41 Å². The van der Waals surface area contributed by atoms with Gasteiger partial charge in [-0.1, -0.05) is 6.92 Å². The van der Waals surface area contributed by atoms with E-state index in [4.69, 9.17) is 5.73 Å². The molecule has 0 aromatic heterocycles. The summed E-state index contributed by atoms with van der Waals surface area (Å²) < 4.78 is 0. The van der Waals surface area contributed by atoms with Crippen LogP contribution in [0.1, 0.15) is 41.0 Å². The van der Waals surface area contributed by atoms with Gasteiger partial charge in [0, 0.05) is 5.54 Å². The van der Waals surface area contributed by atoms with Crippen molar-refractivity contribution in [1.29, 1.82) is 0 Å². The fraction of sp³-hybridized carbons (Fsp3) is 0.769. The molecule has 0 bridgehead atoms. The van der Waals surface area contributed by atoms with Crippen molar-refractivity contribution in [2.45, 2.75) is 52.6 Å². The third-order valence-electron chi connectivity index (χ3n) is 4.05. The fourth-order valence-corrected chi connectivity index (χ4v) is 1.92. The summed E-state index contributed by atoms with van der Waals surface area (Å²) in [5.41, 5.74) is 4.43. The molecule has 1 heterocycles.